The zero-order valence-electron chi connectivity index (χ0n) is 15.9. The number of carbonyl (C=O) groups excluding carboxylic acids is 2. The molecular weight excluding hydrogens is 362 g/mol. The van der Waals surface area contributed by atoms with Gasteiger partial charge in [0.25, 0.3) is 5.92 Å². The number of amides is 1. The molecule has 2 aromatic rings. The molecule has 0 N–H and O–H groups in total. The van der Waals surface area contributed by atoms with Gasteiger partial charge in [-0.3, -0.25) is 14.6 Å². The number of fused-ring (bicyclic) bond motifs is 1. The lowest BCUT2D eigenvalue weighted by Crippen LogP contribution is -2.36. The number of benzene rings is 1. The number of aromatic nitrogens is 1. The number of halogens is 2. The predicted molar refractivity (Wildman–Crippen MR) is 103 cm³/mol. The van der Waals surface area contributed by atoms with Crippen LogP contribution in [-0.2, 0) is 4.79 Å². The second-order valence-corrected chi connectivity index (χ2v) is 7.44. The highest BCUT2D eigenvalue weighted by atomic mass is 19.3. The van der Waals surface area contributed by atoms with Crippen LogP contribution in [-0.4, -0.2) is 40.1 Å². The fraction of sp³-hybridized carbons (Fsp3) is 0.409. The van der Waals surface area contributed by atoms with Gasteiger partial charge in [-0.1, -0.05) is 31.9 Å². The van der Waals surface area contributed by atoms with E-state index in [0.29, 0.717) is 5.56 Å². The molecule has 1 unspecified atom stereocenters. The quantitative estimate of drug-likeness (QED) is 0.574. The van der Waals surface area contributed by atoms with E-state index in [0.717, 1.165) is 21.4 Å². The number of rotatable bonds is 5. The third kappa shape index (κ3) is 3.89. The molecule has 6 heteroatoms. The number of alkyl halides is 2. The number of terminal acetylenes is 1. The van der Waals surface area contributed by atoms with Gasteiger partial charge in [-0.15, -0.1) is 6.42 Å². The van der Waals surface area contributed by atoms with Gasteiger partial charge in [0.15, 0.2) is 5.78 Å². The Morgan fingerprint density at radius 3 is 2.75 bits per heavy atom. The van der Waals surface area contributed by atoms with Crippen LogP contribution >= 0.6 is 0 Å². The zero-order valence-corrected chi connectivity index (χ0v) is 15.9. The van der Waals surface area contributed by atoms with Crippen LogP contribution in [0.2, 0.25) is 0 Å². The summed E-state index contributed by atoms with van der Waals surface area (Å²) in [6, 6.07) is 6.42. The van der Waals surface area contributed by atoms with Gasteiger partial charge in [0, 0.05) is 36.4 Å². The Kier molecular flexibility index (Phi) is 5.46. The van der Waals surface area contributed by atoms with E-state index in [4.69, 9.17) is 6.42 Å². The first kappa shape index (κ1) is 19.9. The van der Waals surface area contributed by atoms with Crippen molar-refractivity contribution in [2.45, 2.75) is 51.0 Å². The van der Waals surface area contributed by atoms with Gasteiger partial charge in [-0.05, 0) is 23.6 Å². The van der Waals surface area contributed by atoms with Gasteiger partial charge < -0.3 is 4.90 Å². The van der Waals surface area contributed by atoms with Crippen LogP contribution in [0.1, 0.15) is 54.9 Å². The average Bonchev–Trinajstić information content (AvgIpc) is 2.99. The lowest BCUT2D eigenvalue weighted by molar-refractivity contribution is -0.132. The number of hydrogen-bond donors (Lipinski definition) is 0. The molecule has 1 fully saturated rings. The van der Waals surface area contributed by atoms with E-state index in [1.165, 1.54) is 0 Å². The standard InChI is InChI=1S/C22H22F2N2O2/c1-4-15-12-22(23,24)13-26(15)20(28)9-8-19(27)17-10-11-25-18-7-5-6-16(14(2)3)21(17)18/h1,5-7,10-11,14-15H,8-9,12-13H2,2-3H3. The number of pyridine rings is 1. The number of ketones is 1. The molecule has 1 aliphatic rings. The summed E-state index contributed by atoms with van der Waals surface area (Å²) in [5.41, 5.74) is 2.23. The molecule has 0 radical (unpaired) electrons. The Hall–Kier alpha value is -2.81. The Morgan fingerprint density at radius 2 is 2.07 bits per heavy atom. The van der Waals surface area contributed by atoms with Gasteiger partial charge in [0.1, 0.15) is 0 Å². The molecule has 0 aliphatic carbocycles. The van der Waals surface area contributed by atoms with Crippen molar-refractivity contribution in [1.29, 1.82) is 0 Å². The third-order valence-electron chi connectivity index (χ3n) is 5.07. The average molecular weight is 384 g/mol. The van der Waals surface area contributed by atoms with E-state index in [1.807, 2.05) is 32.0 Å². The minimum absolute atomic E-state index is 0.0657. The number of hydrogen-bond acceptors (Lipinski definition) is 3. The number of carbonyl (C=O) groups is 2. The SMILES string of the molecule is C#CC1CC(F)(F)CN1C(=O)CCC(=O)c1ccnc2cccc(C(C)C)c12. The topological polar surface area (TPSA) is 50.3 Å². The summed E-state index contributed by atoms with van der Waals surface area (Å²) in [6.07, 6.45) is 6.10. The van der Waals surface area contributed by atoms with E-state index in [-0.39, 0.29) is 24.5 Å². The third-order valence-corrected chi connectivity index (χ3v) is 5.07. The normalized spacial score (nSPS) is 18.4. The molecule has 2 heterocycles. The number of nitrogens with zero attached hydrogens (tertiary/aromatic N) is 2. The monoisotopic (exact) mass is 384 g/mol. The first-order chi connectivity index (χ1) is 13.2. The van der Waals surface area contributed by atoms with Crippen molar-refractivity contribution >= 4 is 22.6 Å². The second-order valence-electron chi connectivity index (χ2n) is 7.44. The van der Waals surface area contributed by atoms with Crippen molar-refractivity contribution in [3.63, 3.8) is 0 Å². The number of Topliss-reactive ketones (excluding diaryl/α,β-unsaturated/α-hetero) is 1. The highest BCUT2D eigenvalue weighted by Gasteiger charge is 2.46. The van der Waals surface area contributed by atoms with Crippen LogP contribution in [0.25, 0.3) is 10.9 Å². The van der Waals surface area contributed by atoms with E-state index < -0.39 is 30.8 Å². The minimum Gasteiger partial charge on any atom is -0.323 e. The van der Waals surface area contributed by atoms with Crippen molar-refractivity contribution in [3.05, 3.63) is 41.6 Å². The predicted octanol–water partition coefficient (Wildman–Crippen LogP) is 4.19. The fourth-order valence-corrected chi connectivity index (χ4v) is 3.67. The van der Waals surface area contributed by atoms with Crippen LogP contribution in [0.4, 0.5) is 8.78 Å². The van der Waals surface area contributed by atoms with E-state index in [9.17, 15) is 18.4 Å². The molecule has 1 aromatic heterocycles. The maximum absolute atomic E-state index is 13.6. The molecule has 0 bridgehead atoms. The zero-order chi connectivity index (χ0) is 20.5. The van der Waals surface area contributed by atoms with Crippen LogP contribution in [0.3, 0.4) is 0 Å². The van der Waals surface area contributed by atoms with Gasteiger partial charge in [0.05, 0.1) is 18.1 Å². The summed E-state index contributed by atoms with van der Waals surface area (Å²) in [5, 5.41) is 0.784. The van der Waals surface area contributed by atoms with E-state index in [2.05, 4.69) is 10.9 Å². The summed E-state index contributed by atoms with van der Waals surface area (Å²) in [4.78, 5) is 30.6. The van der Waals surface area contributed by atoms with E-state index in [1.54, 1.807) is 12.3 Å². The van der Waals surface area contributed by atoms with Gasteiger partial charge in [-0.25, -0.2) is 8.78 Å². The second kappa shape index (κ2) is 7.67. The Morgan fingerprint density at radius 1 is 1.32 bits per heavy atom. The summed E-state index contributed by atoms with van der Waals surface area (Å²) in [5.74, 6) is -1.27. The lowest BCUT2D eigenvalue weighted by Gasteiger charge is -2.20. The molecule has 1 aliphatic heterocycles. The Labute approximate surface area is 162 Å². The van der Waals surface area contributed by atoms with Crippen molar-refractivity contribution in [2.75, 3.05) is 6.54 Å². The molecule has 1 saturated heterocycles. The van der Waals surface area contributed by atoms with Gasteiger partial charge in [0.2, 0.25) is 5.91 Å². The fourth-order valence-electron chi connectivity index (χ4n) is 3.67. The largest absolute Gasteiger partial charge is 0.323 e. The summed E-state index contributed by atoms with van der Waals surface area (Å²) in [7, 11) is 0. The minimum atomic E-state index is -2.98. The first-order valence-electron chi connectivity index (χ1n) is 9.28. The van der Waals surface area contributed by atoms with Crippen LogP contribution in [0.5, 0.6) is 0 Å². The molecule has 3 rings (SSSR count). The molecule has 146 valence electrons. The Balaban J connectivity index is 1.79. The van der Waals surface area contributed by atoms with Gasteiger partial charge >= 0.3 is 0 Å². The highest BCUT2D eigenvalue weighted by molar-refractivity contribution is 6.09. The molecule has 0 spiro atoms. The van der Waals surface area contributed by atoms with Crippen molar-refractivity contribution in [1.82, 2.24) is 9.88 Å². The first-order valence-corrected chi connectivity index (χ1v) is 9.28. The molecule has 28 heavy (non-hydrogen) atoms. The van der Waals surface area contributed by atoms with Crippen LogP contribution < -0.4 is 0 Å². The van der Waals surface area contributed by atoms with Gasteiger partial charge in [-0.2, -0.15) is 0 Å². The molecule has 0 saturated carbocycles. The molecule has 4 nitrogen and oxygen atoms in total. The van der Waals surface area contributed by atoms with Crippen molar-refractivity contribution < 1.29 is 18.4 Å². The maximum atomic E-state index is 13.6. The Bertz CT molecular complexity index is 957. The molecular formula is C22H22F2N2O2. The van der Waals surface area contributed by atoms with Crippen molar-refractivity contribution in [2.24, 2.45) is 0 Å². The lowest BCUT2D eigenvalue weighted by atomic mass is 9.92. The summed E-state index contributed by atoms with van der Waals surface area (Å²) >= 11 is 0. The molecule has 1 amide bonds. The maximum Gasteiger partial charge on any atom is 0.268 e. The van der Waals surface area contributed by atoms with Crippen LogP contribution in [0.15, 0.2) is 30.5 Å². The van der Waals surface area contributed by atoms with Crippen molar-refractivity contribution in [3.8, 4) is 12.3 Å². The molecule has 1 aromatic carbocycles. The summed E-state index contributed by atoms with van der Waals surface area (Å²) < 4.78 is 27.2. The van der Waals surface area contributed by atoms with Crippen LogP contribution in [0, 0.1) is 12.3 Å². The summed E-state index contributed by atoms with van der Waals surface area (Å²) in [6.45, 7) is 3.38. The molecule has 1 atom stereocenters. The smallest absolute Gasteiger partial charge is 0.268 e. The number of likely N-dealkylation sites (tertiary alicyclic amines) is 1. The highest BCUT2D eigenvalue weighted by Crippen LogP contribution is 2.32. The van der Waals surface area contributed by atoms with E-state index >= 15 is 0 Å².